The van der Waals surface area contributed by atoms with Crippen molar-refractivity contribution in [2.75, 3.05) is 6.54 Å². The van der Waals surface area contributed by atoms with Crippen molar-refractivity contribution in [3.63, 3.8) is 0 Å². The van der Waals surface area contributed by atoms with Crippen LogP contribution in [0.3, 0.4) is 0 Å². The Balaban J connectivity index is 2.16. The molecule has 0 radical (unpaired) electrons. The summed E-state index contributed by atoms with van der Waals surface area (Å²) in [5.74, 6) is -4.83. The van der Waals surface area contributed by atoms with Crippen LogP contribution in [0.4, 0.5) is 8.78 Å². The zero-order chi connectivity index (χ0) is 9.64. The summed E-state index contributed by atoms with van der Waals surface area (Å²) < 4.78 is 26.2. The van der Waals surface area contributed by atoms with E-state index < -0.39 is 23.9 Å². The van der Waals surface area contributed by atoms with Gasteiger partial charge in [0.25, 0.3) is 5.92 Å². The van der Waals surface area contributed by atoms with Gasteiger partial charge in [0.05, 0.1) is 0 Å². The maximum atomic E-state index is 13.1. The number of carbonyl (C=O) groups is 1. The first kappa shape index (κ1) is 8.87. The third-order valence-corrected chi connectivity index (χ3v) is 3.12. The maximum Gasteiger partial charge on any atom is 0.320 e. The number of alkyl halides is 2. The molecule has 1 saturated heterocycles. The molecule has 0 spiro atoms. The van der Waals surface area contributed by atoms with E-state index in [1.165, 1.54) is 0 Å². The first-order valence-electron chi connectivity index (χ1n) is 4.36. The summed E-state index contributed by atoms with van der Waals surface area (Å²) in [6.07, 6.45) is 0.162. The molecule has 0 bridgehead atoms. The van der Waals surface area contributed by atoms with E-state index in [9.17, 15) is 13.6 Å². The SMILES string of the molecule is O=C(O)[C@@H]1NC[C@@H]2[C@H]1CCC2(F)F. The molecular weight excluding hydrogens is 180 g/mol. The fourth-order valence-electron chi connectivity index (χ4n) is 2.43. The van der Waals surface area contributed by atoms with E-state index in [0.717, 1.165) is 0 Å². The van der Waals surface area contributed by atoms with Crippen LogP contribution in [-0.2, 0) is 4.79 Å². The highest BCUT2D eigenvalue weighted by molar-refractivity contribution is 5.74. The number of carboxylic acid groups (broad SMARTS) is 1. The molecule has 1 aliphatic carbocycles. The minimum atomic E-state index is -2.66. The average molecular weight is 191 g/mol. The Morgan fingerprint density at radius 1 is 1.54 bits per heavy atom. The molecule has 0 unspecified atom stereocenters. The van der Waals surface area contributed by atoms with Gasteiger partial charge in [0.2, 0.25) is 0 Å². The molecule has 1 heterocycles. The van der Waals surface area contributed by atoms with Gasteiger partial charge in [-0.15, -0.1) is 0 Å². The fourth-order valence-corrected chi connectivity index (χ4v) is 2.43. The number of hydrogen-bond acceptors (Lipinski definition) is 2. The lowest BCUT2D eigenvalue weighted by molar-refractivity contribution is -0.140. The monoisotopic (exact) mass is 191 g/mol. The molecule has 2 rings (SSSR count). The first-order valence-corrected chi connectivity index (χ1v) is 4.36. The second kappa shape index (κ2) is 2.64. The second-order valence-electron chi connectivity index (χ2n) is 3.79. The van der Waals surface area contributed by atoms with E-state index in [0.29, 0.717) is 6.42 Å². The second-order valence-corrected chi connectivity index (χ2v) is 3.79. The number of nitrogens with one attached hydrogen (secondary N) is 1. The predicted molar refractivity (Wildman–Crippen MR) is 40.6 cm³/mol. The van der Waals surface area contributed by atoms with Crippen molar-refractivity contribution in [1.82, 2.24) is 5.32 Å². The minimum Gasteiger partial charge on any atom is -0.480 e. The molecular formula is C8H11F2NO2. The Hall–Kier alpha value is -0.710. The fraction of sp³-hybridized carbons (Fsp3) is 0.875. The first-order chi connectivity index (χ1) is 6.02. The molecule has 0 aromatic carbocycles. The van der Waals surface area contributed by atoms with E-state index in [-0.39, 0.29) is 18.9 Å². The van der Waals surface area contributed by atoms with Crippen LogP contribution in [0.25, 0.3) is 0 Å². The van der Waals surface area contributed by atoms with Crippen molar-refractivity contribution < 1.29 is 18.7 Å². The average Bonchev–Trinajstić information content (AvgIpc) is 2.52. The zero-order valence-corrected chi connectivity index (χ0v) is 6.96. The summed E-state index contributed by atoms with van der Waals surface area (Å²) in [6, 6.07) is -0.765. The van der Waals surface area contributed by atoms with E-state index >= 15 is 0 Å². The molecule has 2 N–H and O–H groups in total. The lowest BCUT2D eigenvalue weighted by Crippen LogP contribution is -2.35. The molecule has 1 saturated carbocycles. The van der Waals surface area contributed by atoms with Gasteiger partial charge in [0.15, 0.2) is 0 Å². The molecule has 74 valence electrons. The number of hydrogen-bond donors (Lipinski definition) is 2. The van der Waals surface area contributed by atoms with Crippen LogP contribution in [0.15, 0.2) is 0 Å². The summed E-state index contributed by atoms with van der Waals surface area (Å²) in [7, 11) is 0. The standard InChI is InChI=1S/C8H11F2NO2/c9-8(10)2-1-4-5(8)3-11-6(4)7(12)13/h4-6,11H,1-3H2,(H,12,13)/t4-,5-,6-/m1/s1. The predicted octanol–water partition coefficient (Wildman–Crippen LogP) is 0.704. The quantitative estimate of drug-likeness (QED) is 0.641. The van der Waals surface area contributed by atoms with Gasteiger partial charge in [0.1, 0.15) is 6.04 Å². The van der Waals surface area contributed by atoms with Crippen molar-refractivity contribution in [2.24, 2.45) is 11.8 Å². The molecule has 13 heavy (non-hydrogen) atoms. The Bertz CT molecular complexity index is 244. The lowest BCUT2D eigenvalue weighted by Gasteiger charge is -2.16. The number of carboxylic acids is 1. The molecule has 3 atom stereocenters. The van der Waals surface area contributed by atoms with Gasteiger partial charge in [-0.1, -0.05) is 0 Å². The minimum absolute atomic E-state index is 0.134. The van der Waals surface area contributed by atoms with Gasteiger partial charge in [-0.25, -0.2) is 8.78 Å². The molecule has 2 aliphatic rings. The Kier molecular flexibility index (Phi) is 1.80. The van der Waals surface area contributed by atoms with Crippen molar-refractivity contribution in [2.45, 2.75) is 24.8 Å². The van der Waals surface area contributed by atoms with Crippen LogP contribution in [0.5, 0.6) is 0 Å². The van der Waals surface area contributed by atoms with Gasteiger partial charge in [0, 0.05) is 18.9 Å². The van der Waals surface area contributed by atoms with Gasteiger partial charge < -0.3 is 10.4 Å². The number of rotatable bonds is 1. The van der Waals surface area contributed by atoms with Gasteiger partial charge in [-0.05, 0) is 12.3 Å². The van der Waals surface area contributed by atoms with Crippen LogP contribution in [0.2, 0.25) is 0 Å². The molecule has 1 aliphatic heterocycles. The molecule has 2 fully saturated rings. The largest absolute Gasteiger partial charge is 0.480 e. The van der Waals surface area contributed by atoms with Crippen LogP contribution < -0.4 is 5.32 Å². The summed E-state index contributed by atoms with van der Waals surface area (Å²) in [5, 5.41) is 11.4. The summed E-state index contributed by atoms with van der Waals surface area (Å²) >= 11 is 0. The van der Waals surface area contributed by atoms with E-state index in [1.54, 1.807) is 0 Å². The Morgan fingerprint density at radius 2 is 2.23 bits per heavy atom. The van der Waals surface area contributed by atoms with Crippen molar-refractivity contribution in [3.8, 4) is 0 Å². The molecule has 0 aromatic rings. The van der Waals surface area contributed by atoms with Crippen molar-refractivity contribution >= 4 is 5.97 Å². The van der Waals surface area contributed by atoms with Gasteiger partial charge >= 0.3 is 5.97 Å². The smallest absolute Gasteiger partial charge is 0.320 e. The van der Waals surface area contributed by atoms with Crippen LogP contribution in [0.1, 0.15) is 12.8 Å². The van der Waals surface area contributed by atoms with E-state index in [1.807, 2.05) is 0 Å². The van der Waals surface area contributed by atoms with Gasteiger partial charge in [-0.2, -0.15) is 0 Å². The number of halogens is 2. The highest BCUT2D eigenvalue weighted by Gasteiger charge is 2.56. The zero-order valence-electron chi connectivity index (χ0n) is 6.96. The third kappa shape index (κ3) is 1.22. The van der Waals surface area contributed by atoms with Crippen LogP contribution in [0, 0.1) is 11.8 Å². The highest BCUT2D eigenvalue weighted by atomic mass is 19.3. The Labute approximate surface area is 74.1 Å². The van der Waals surface area contributed by atoms with Crippen LogP contribution >= 0.6 is 0 Å². The lowest BCUT2D eigenvalue weighted by atomic mass is 9.93. The summed E-state index contributed by atoms with van der Waals surface area (Å²) in [6.45, 7) is 0.134. The van der Waals surface area contributed by atoms with E-state index in [2.05, 4.69) is 5.32 Å². The number of fused-ring (bicyclic) bond motifs is 1. The van der Waals surface area contributed by atoms with Crippen LogP contribution in [-0.4, -0.2) is 29.6 Å². The molecule has 5 heteroatoms. The summed E-state index contributed by atoms with van der Waals surface area (Å²) in [4.78, 5) is 10.6. The highest BCUT2D eigenvalue weighted by Crippen LogP contribution is 2.47. The van der Waals surface area contributed by atoms with E-state index in [4.69, 9.17) is 5.11 Å². The van der Waals surface area contributed by atoms with Crippen molar-refractivity contribution in [3.05, 3.63) is 0 Å². The normalized spacial score (nSPS) is 41.8. The summed E-state index contributed by atoms with van der Waals surface area (Å²) in [5.41, 5.74) is 0. The molecule has 0 aromatic heterocycles. The van der Waals surface area contributed by atoms with Crippen molar-refractivity contribution in [1.29, 1.82) is 0 Å². The Morgan fingerprint density at radius 3 is 2.85 bits per heavy atom. The molecule has 3 nitrogen and oxygen atoms in total. The third-order valence-electron chi connectivity index (χ3n) is 3.12. The number of aliphatic carboxylic acids is 1. The molecule has 0 amide bonds. The maximum absolute atomic E-state index is 13.1. The topological polar surface area (TPSA) is 49.3 Å². The van der Waals surface area contributed by atoms with Gasteiger partial charge in [-0.3, -0.25) is 4.79 Å².